The van der Waals surface area contributed by atoms with Crippen molar-refractivity contribution in [2.24, 2.45) is 0 Å². The second kappa shape index (κ2) is 5.47. The average Bonchev–Trinajstić information content (AvgIpc) is 1.96. The van der Waals surface area contributed by atoms with Crippen molar-refractivity contribution in [2.45, 2.75) is 39.7 Å². The van der Waals surface area contributed by atoms with Crippen molar-refractivity contribution >= 4 is 12.2 Å². The zero-order valence-corrected chi connectivity index (χ0v) is 9.14. The van der Waals surface area contributed by atoms with E-state index in [4.69, 9.17) is 0 Å². The first-order valence-electron chi connectivity index (χ1n) is 4.63. The Labute approximate surface area is 84.2 Å². The molecule has 0 spiro atoms. The molecule has 0 aliphatic carbocycles. The summed E-state index contributed by atoms with van der Waals surface area (Å²) in [5.74, 6) is 0. The number of rotatable bonds is 2. The van der Waals surface area contributed by atoms with Gasteiger partial charge in [0.05, 0.1) is 0 Å². The molecule has 0 radical (unpaired) electrons. The molecule has 5 nitrogen and oxygen atoms in total. The second-order valence-corrected chi connectivity index (χ2v) is 3.98. The van der Waals surface area contributed by atoms with Gasteiger partial charge in [0.15, 0.2) is 0 Å². The van der Waals surface area contributed by atoms with Crippen molar-refractivity contribution in [1.82, 2.24) is 10.6 Å². The van der Waals surface area contributed by atoms with E-state index in [-0.39, 0.29) is 0 Å². The lowest BCUT2D eigenvalue weighted by Crippen LogP contribution is -2.43. The van der Waals surface area contributed by atoms with Gasteiger partial charge in [0, 0.05) is 12.1 Å². The third kappa shape index (κ3) is 7.39. The van der Waals surface area contributed by atoms with Gasteiger partial charge in [-0.25, -0.2) is 9.59 Å². The Kier molecular flexibility index (Phi) is 4.97. The van der Waals surface area contributed by atoms with Gasteiger partial charge in [-0.3, -0.25) is 0 Å². The predicted molar refractivity (Wildman–Crippen MR) is 53.1 cm³/mol. The van der Waals surface area contributed by atoms with Crippen LogP contribution in [0.25, 0.3) is 0 Å². The highest BCUT2D eigenvalue weighted by Gasteiger charge is 2.16. The van der Waals surface area contributed by atoms with Gasteiger partial charge in [-0.1, -0.05) is 6.92 Å². The average molecular weight is 202 g/mol. The van der Waals surface area contributed by atoms with E-state index in [2.05, 4.69) is 15.4 Å². The maximum absolute atomic E-state index is 11.0. The second-order valence-electron chi connectivity index (χ2n) is 3.98. The Balaban J connectivity index is 3.78. The number of hydrogen-bond donors (Lipinski definition) is 2. The van der Waals surface area contributed by atoms with Gasteiger partial charge < -0.3 is 15.4 Å². The van der Waals surface area contributed by atoms with Crippen LogP contribution in [0.5, 0.6) is 0 Å². The van der Waals surface area contributed by atoms with Crippen LogP contribution in [0, 0.1) is 0 Å². The molecule has 2 amide bonds. The molecule has 0 aromatic rings. The standard InChI is InChI=1S/C9H18N2O3/c1-5-6-10-7(12)14-8(13)11-9(2,3)4/h5-6H2,1-4H3,(H,10,12)(H,11,13). The summed E-state index contributed by atoms with van der Waals surface area (Å²) < 4.78 is 4.43. The van der Waals surface area contributed by atoms with Crippen LogP contribution in [0.2, 0.25) is 0 Å². The first kappa shape index (κ1) is 12.7. The molecule has 0 aromatic heterocycles. The van der Waals surface area contributed by atoms with Crippen molar-refractivity contribution < 1.29 is 14.3 Å². The Morgan fingerprint density at radius 2 is 1.79 bits per heavy atom. The quantitative estimate of drug-likeness (QED) is 0.669. The third-order valence-corrected chi connectivity index (χ3v) is 1.18. The van der Waals surface area contributed by atoms with Crippen LogP contribution in [0.4, 0.5) is 9.59 Å². The maximum Gasteiger partial charge on any atom is 0.416 e. The monoisotopic (exact) mass is 202 g/mol. The van der Waals surface area contributed by atoms with Gasteiger partial charge in [-0.05, 0) is 27.2 Å². The van der Waals surface area contributed by atoms with Crippen molar-refractivity contribution in [2.75, 3.05) is 6.54 Å². The lowest BCUT2D eigenvalue weighted by Gasteiger charge is -2.19. The van der Waals surface area contributed by atoms with Gasteiger partial charge >= 0.3 is 12.2 Å². The van der Waals surface area contributed by atoms with E-state index < -0.39 is 17.7 Å². The summed E-state index contributed by atoms with van der Waals surface area (Å²) in [4.78, 5) is 21.9. The van der Waals surface area contributed by atoms with E-state index in [0.29, 0.717) is 6.54 Å². The molecule has 0 bridgehead atoms. The van der Waals surface area contributed by atoms with Crippen LogP contribution in [0.15, 0.2) is 0 Å². The molecule has 2 N–H and O–H groups in total. The Bertz CT molecular complexity index is 209. The van der Waals surface area contributed by atoms with Gasteiger partial charge in [-0.2, -0.15) is 0 Å². The highest BCUT2D eigenvalue weighted by Crippen LogP contribution is 1.98. The SMILES string of the molecule is CCCNC(=O)OC(=O)NC(C)(C)C. The number of carbonyl (C=O) groups excluding carboxylic acids is 2. The van der Waals surface area contributed by atoms with Gasteiger partial charge in [0.1, 0.15) is 0 Å². The van der Waals surface area contributed by atoms with E-state index >= 15 is 0 Å². The number of amides is 2. The Morgan fingerprint density at radius 3 is 2.21 bits per heavy atom. The lowest BCUT2D eigenvalue weighted by molar-refractivity contribution is 0.144. The van der Waals surface area contributed by atoms with Crippen LogP contribution >= 0.6 is 0 Å². The molecular weight excluding hydrogens is 184 g/mol. The first-order chi connectivity index (χ1) is 6.35. The zero-order chi connectivity index (χ0) is 11.2. The normalized spacial score (nSPS) is 10.6. The maximum atomic E-state index is 11.0. The van der Waals surface area contributed by atoms with Gasteiger partial charge in [-0.15, -0.1) is 0 Å². The molecule has 14 heavy (non-hydrogen) atoms. The van der Waals surface area contributed by atoms with Crippen molar-refractivity contribution in [1.29, 1.82) is 0 Å². The van der Waals surface area contributed by atoms with Crippen LogP contribution in [-0.2, 0) is 4.74 Å². The summed E-state index contributed by atoms with van der Waals surface area (Å²) >= 11 is 0. The van der Waals surface area contributed by atoms with Crippen molar-refractivity contribution in [3.05, 3.63) is 0 Å². The molecule has 0 aliphatic heterocycles. The molecule has 0 unspecified atom stereocenters. The number of nitrogens with one attached hydrogen (secondary N) is 2. The molecule has 0 saturated heterocycles. The summed E-state index contributed by atoms with van der Waals surface area (Å²) in [6.45, 7) is 7.83. The largest absolute Gasteiger partial charge is 0.416 e. The molecule has 0 aromatic carbocycles. The minimum absolute atomic E-state index is 0.401. The highest BCUT2D eigenvalue weighted by molar-refractivity contribution is 5.83. The fraction of sp³-hybridized carbons (Fsp3) is 0.778. The topological polar surface area (TPSA) is 67.4 Å². The Morgan fingerprint density at radius 1 is 1.21 bits per heavy atom. The van der Waals surface area contributed by atoms with Crippen LogP contribution < -0.4 is 10.6 Å². The molecule has 0 rings (SSSR count). The lowest BCUT2D eigenvalue weighted by atomic mass is 10.1. The first-order valence-corrected chi connectivity index (χ1v) is 4.63. The highest BCUT2D eigenvalue weighted by atomic mass is 16.6. The summed E-state index contributed by atoms with van der Waals surface area (Å²) in [6, 6.07) is 0. The van der Waals surface area contributed by atoms with Gasteiger partial charge in [0.2, 0.25) is 0 Å². The molecule has 82 valence electrons. The number of carbonyl (C=O) groups is 2. The number of ether oxygens (including phenoxy) is 1. The van der Waals surface area contributed by atoms with E-state index in [0.717, 1.165) is 6.42 Å². The van der Waals surface area contributed by atoms with E-state index in [1.165, 1.54) is 0 Å². The Hall–Kier alpha value is -1.26. The molecule has 0 fully saturated rings. The molecule has 0 saturated carbocycles. The fourth-order valence-electron chi connectivity index (χ4n) is 0.679. The van der Waals surface area contributed by atoms with E-state index in [1.54, 1.807) is 20.8 Å². The van der Waals surface area contributed by atoms with Crippen LogP contribution in [-0.4, -0.2) is 24.3 Å². The predicted octanol–water partition coefficient (Wildman–Crippen LogP) is 1.63. The number of alkyl carbamates (subject to hydrolysis) is 2. The molecular formula is C9H18N2O3. The minimum Gasteiger partial charge on any atom is -0.359 e. The molecule has 0 aliphatic rings. The van der Waals surface area contributed by atoms with Crippen LogP contribution in [0.3, 0.4) is 0 Å². The summed E-state index contributed by atoms with van der Waals surface area (Å²) in [5.41, 5.74) is -0.401. The summed E-state index contributed by atoms with van der Waals surface area (Å²) in [6.07, 6.45) is -0.643. The van der Waals surface area contributed by atoms with E-state index in [9.17, 15) is 9.59 Å². The third-order valence-electron chi connectivity index (χ3n) is 1.18. The minimum atomic E-state index is -0.730. The fourth-order valence-corrected chi connectivity index (χ4v) is 0.679. The van der Waals surface area contributed by atoms with Crippen LogP contribution in [0.1, 0.15) is 34.1 Å². The van der Waals surface area contributed by atoms with Crippen molar-refractivity contribution in [3.8, 4) is 0 Å². The zero-order valence-electron chi connectivity index (χ0n) is 9.14. The van der Waals surface area contributed by atoms with Crippen molar-refractivity contribution in [3.63, 3.8) is 0 Å². The molecule has 0 atom stereocenters. The van der Waals surface area contributed by atoms with Gasteiger partial charge in [0.25, 0.3) is 0 Å². The molecule has 5 heteroatoms. The molecule has 0 heterocycles. The van der Waals surface area contributed by atoms with E-state index in [1.807, 2.05) is 6.92 Å². The summed E-state index contributed by atoms with van der Waals surface area (Å²) in [7, 11) is 0. The number of hydrogen-bond acceptors (Lipinski definition) is 3. The smallest absolute Gasteiger partial charge is 0.359 e. The summed E-state index contributed by atoms with van der Waals surface area (Å²) in [5, 5.41) is 4.93.